The van der Waals surface area contributed by atoms with Gasteiger partial charge in [-0.3, -0.25) is 9.35 Å². The van der Waals surface area contributed by atoms with Gasteiger partial charge < -0.3 is 10.4 Å². The molecule has 0 bridgehead atoms. The molecule has 0 aromatic rings. The van der Waals surface area contributed by atoms with Gasteiger partial charge in [0.2, 0.25) is 5.91 Å². The summed E-state index contributed by atoms with van der Waals surface area (Å²) in [7, 11) is -4.34. The number of allylic oxidation sites excluding steroid dienone is 11. The van der Waals surface area contributed by atoms with Gasteiger partial charge >= 0.3 is 0 Å². The molecule has 0 aromatic carbocycles. The summed E-state index contributed by atoms with van der Waals surface area (Å²) in [5.74, 6) is -1.03. The molecule has 0 aliphatic carbocycles. The maximum atomic E-state index is 12.4. The predicted molar refractivity (Wildman–Crippen MR) is 179 cm³/mol. The fourth-order valence-corrected chi connectivity index (χ4v) is 4.97. The number of hydrogen-bond donors (Lipinski definition) is 3. The summed E-state index contributed by atoms with van der Waals surface area (Å²) in [6.45, 7) is 4.32. The molecule has 2 unspecified atom stereocenters. The van der Waals surface area contributed by atoms with Crippen LogP contribution >= 0.6 is 0 Å². The van der Waals surface area contributed by atoms with Crippen molar-refractivity contribution in [2.45, 2.75) is 135 Å². The molecule has 0 aliphatic rings. The molecule has 3 N–H and O–H groups in total. The molecule has 0 aliphatic heterocycles. The Morgan fingerprint density at radius 3 is 1.69 bits per heavy atom. The third kappa shape index (κ3) is 29.3. The number of carbonyl (C=O) groups excluding carboxylic acids is 1. The number of aliphatic hydroxyl groups is 1. The van der Waals surface area contributed by atoms with Crippen LogP contribution in [0.5, 0.6) is 0 Å². The molecule has 0 heterocycles. The molecule has 0 saturated carbocycles. The van der Waals surface area contributed by atoms with Crippen LogP contribution in [0.3, 0.4) is 0 Å². The summed E-state index contributed by atoms with van der Waals surface area (Å²) in [6, 6.07) is -1.07. The van der Waals surface area contributed by atoms with Gasteiger partial charge in [-0.1, -0.05) is 125 Å². The summed E-state index contributed by atoms with van der Waals surface area (Å²) in [5, 5.41) is 13.0. The predicted octanol–water partition coefficient (Wildman–Crippen LogP) is 8.73. The van der Waals surface area contributed by atoms with Crippen LogP contribution in [-0.2, 0) is 14.9 Å². The van der Waals surface area contributed by atoms with Crippen LogP contribution in [-0.4, -0.2) is 41.9 Å². The van der Waals surface area contributed by atoms with Crippen molar-refractivity contribution in [3.05, 3.63) is 72.9 Å². The van der Waals surface area contributed by atoms with Crippen molar-refractivity contribution < 1.29 is 22.9 Å². The molecule has 0 spiro atoms. The van der Waals surface area contributed by atoms with Gasteiger partial charge in [-0.05, 0) is 64.2 Å². The van der Waals surface area contributed by atoms with Gasteiger partial charge in [-0.15, -0.1) is 0 Å². The highest BCUT2D eigenvalue weighted by Crippen LogP contribution is 2.09. The molecule has 0 rings (SSSR count). The molecule has 42 heavy (non-hydrogen) atoms. The minimum Gasteiger partial charge on any atom is -0.387 e. The summed E-state index contributed by atoms with van der Waals surface area (Å²) >= 11 is 0. The summed E-state index contributed by atoms with van der Waals surface area (Å²) in [4.78, 5) is 12.4. The number of hydrogen-bond acceptors (Lipinski definition) is 4. The van der Waals surface area contributed by atoms with Crippen LogP contribution in [0.1, 0.15) is 123 Å². The number of aliphatic hydroxyl groups excluding tert-OH is 1. The SMILES string of the molecule is CC/C=C\C/C=C\C/C=C\C/C=C\C/C=C\CCCCCC(=O)NC(CS(=O)(=O)O)C(O)/C=C/CCCCCCCC. The standard InChI is InChI=1S/C35H59NO5S/c1-3-5-7-9-11-13-14-15-16-17-18-19-20-21-22-23-25-27-29-31-35(38)36-33(32-42(39,40)41)34(37)30-28-26-24-12-10-8-6-4-2/h5,7,11,13,15-16,18-19,21-22,28,30,33-34,37H,3-4,6,8-10,12,14,17,20,23-27,29,31-32H2,1-2H3,(H,36,38)(H,39,40,41)/b7-5-,13-11-,16-15-,19-18-,22-21-,30-28+. The van der Waals surface area contributed by atoms with E-state index in [2.05, 4.69) is 79.9 Å². The second-order valence-corrected chi connectivity index (χ2v) is 12.2. The van der Waals surface area contributed by atoms with E-state index in [1.54, 1.807) is 0 Å². The minimum absolute atomic E-state index is 0.252. The molecule has 0 aromatic heterocycles. The minimum atomic E-state index is -4.34. The van der Waals surface area contributed by atoms with Crippen LogP contribution in [0.4, 0.5) is 0 Å². The van der Waals surface area contributed by atoms with Gasteiger partial charge in [0.15, 0.2) is 0 Å². The molecule has 2 atom stereocenters. The molecular formula is C35H59NO5S. The Morgan fingerprint density at radius 1 is 0.667 bits per heavy atom. The first-order chi connectivity index (χ1) is 20.3. The first-order valence-corrected chi connectivity index (χ1v) is 17.7. The lowest BCUT2D eigenvalue weighted by atomic mass is 10.1. The van der Waals surface area contributed by atoms with Crippen molar-refractivity contribution >= 4 is 16.0 Å². The third-order valence-electron chi connectivity index (χ3n) is 6.64. The summed E-state index contributed by atoms with van der Waals surface area (Å²) < 4.78 is 32.1. The average molecular weight is 606 g/mol. The van der Waals surface area contributed by atoms with Crippen LogP contribution in [0.15, 0.2) is 72.9 Å². The Hall–Kier alpha value is -2.22. The Kier molecular flexibility index (Phi) is 27.4. The van der Waals surface area contributed by atoms with E-state index in [0.29, 0.717) is 6.42 Å². The lowest BCUT2D eigenvalue weighted by Gasteiger charge is -2.21. The molecular weight excluding hydrogens is 546 g/mol. The lowest BCUT2D eigenvalue weighted by Crippen LogP contribution is -2.46. The van der Waals surface area contributed by atoms with Gasteiger partial charge in [0, 0.05) is 6.42 Å². The van der Waals surface area contributed by atoms with E-state index >= 15 is 0 Å². The monoisotopic (exact) mass is 605 g/mol. The van der Waals surface area contributed by atoms with Crippen LogP contribution in [0.2, 0.25) is 0 Å². The molecule has 6 nitrogen and oxygen atoms in total. The number of unbranched alkanes of at least 4 members (excludes halogenated alkanes) is 9. The molecule has 0 radical (unpaired) electrons. The third-order valence-corrected chi connectivity index (χ3v) is 7.42. The maximum Gasteiger partial charge on any atom is 0.267 e. The van der Waals surface area contributed by atoms with Gasteiger partial charge in [-0.2, -0.15) is 8.42 Å². The summed E-state index contributed by atoms with van der Waals surface area (Å²) in [5.41, 5.74) is 0. The van der Waals surface area contributed by atoms with Gasteiger partial charge in [0.05, 0.1) is 17.9 Å². The summed E-state index contributed by atoms with van der Waals surface area (Å²) in [6.07, 6.45) is 40.4. The highest BCUT2D eigenvalue weighted by molar-refractivity contribution is 7.85. The zero-order chi connectivity index (χ0) is 31.2. The van der Waals surface area contributed by atoms with Crippen molar-refractivity contribution in [1.29, 1.82) is 0 Å². The molecule has 240 valence electrons. The van der Waals surface area contributed by atoms with E-state index in [4.69, 9.17) is 0 Å². The Labute approximate surface area is 257 Å². The highest BCUT2D eigenvalue weighted by atomic mass is 32.2. The van der Waals surface area contributed by atoms with E-state index in [1.807, 2.05) is 6.08 Å². The van der Waals surface area contributed by atoms with Crippen LogP contribution in [0.25, 0.3) is 0 Å². The average Bonchev–Trinajstić information content (AvgIpc) is 2.94. The molecule has 0 fully saturated rings. The smallest absolute Gasteiger partial charge is 0.267 e. The van der Waals surface area contributed by atoms with E-state index < -0.39 is 28.0 Å². The topological polar surface area (TPSA) is 104 Å². The Balaban J connectivity index is 4.10. The Bertz CT molecular complexity index is 931. The molecule has 7 heteroatoms. The fraction of sp³-hybridized carbons (Fsp3) is 0.629. The number of amides is 1. The zero-order valence-electron chi connectivity index (χ0n) is 26.3. The van der Waals surface area contributed by atoms with Gasteiger partial charge in [0.1, 0.15) is 0 Å². The fourth-order valence-electron chi connectivity index (χ4n) is 4.24. The number of carbonyl (C=O) groups is 1. The largest absolute Gasteiger partial charge is 0.387 e. The molecule has 0 saturated heterocycles. The number of rotatable bonds is 27. The van der Waals surface area contributed by atoms with Crippen molar-refractivity contribution in [3.63, 3.8) is 0 Å². The van der Waals surface area contributed by atoms with Gasteiger partial charge in [-0.25, -0.2) is 0 Å². The number of nitrogens with one attached hydrogen (secondary N) is 1. The highest BCUT2D eigenvalue weighted by Gasteiger charge is 2.24. The van der Waals surface area contributed by atoms with Crippen molar-refractivity contribution in [2.75, 3.05) is 5.75 Å². The van der Waals surface area contributed by atoms with E-state index in [-0.39, 0.29) is 12.3 Å². The van der Waals surface area contributed by atoms with Crippen molar-refractivity contribution in [1.82, 2.24) is 5.32 Å². The first-order valence-electron chi connectivity index (χ1n) is 16.1. The van der Waals surface area contributed by atoms with Crippen LogP contribution < -0.4 is 5.32 Å². The van der Waals surface area contributed by atoms with Crippen molar-refractivity contribution in [3.8, 4) is 0 Å². The maximum absolute atomic E-state index is 12.4. The van der Waals surface area contributed by atoms with Crippen molar-refractivity contribution in [2.24, 2.45) is 0 Å². The lowest BCUT2D eigenvalue weighted by molar-refractivity contribution is -0.122. The van der Waals surface area contributed by atoms with Crippen LogP contribution in [0, 0.1) is 0 Å². The van der Waals surface area contributed by atoms with E-state index in [0.717, 1.165) is 70.6 Å². The Morgan fingerprint density at radius 2 is 1.14 bits per heavy atom. The first kappa shape index (κ1) is 39.8. The molecule has 1 amide bonds. The van der Waals surface area contributed by atoms with E-state index in [1.165, 1.54) is 31.8 Å². The quantitative estimate of drug-likeness (QED) is 0.0493. The second kappa shape index (κ2) is 28.9. The second-order valence-electron chi connectivity index (χ2n) is 10.7. The normalized spacial score (nSPS) is 14.5. The van der Waals surface area contributed by atoms with E-state index in [9.17, 15) is 22.9 Å². The zero-order valence-corrected chi connectivity index (χ0v) is 27.2. The van der Waals surface area contributed by atoms with Gasteiger partial charge in [0.25, 0.3) is 10.1 Å².